The minimum atomic E-state index is -0.622. The number of hydrogen-bond acceptors (Lipinski definition) is 5. The molecule has 0 unspecified atom stereocenters. The first-order valence-electron chi connectivity index (χ1n) is 15.3. The maximum atomic E-state index is 13.4. The van der Waals surface area contributed by atoms with Gasteiger partial charge in [0.05, 0.1) is 12.6 Å². The quantitative estimate of drug-likeness (QED) is 0.171. The van der Waals surface area contributed by atoms with Gasteiger partial charge < -0.3 is 25.4 Å². The number of anilines is 1. The third kappa shape index (κ3) is 13.2. The summed E-state index contributed by atoms with van der Waals surface area (Å²) in [6.07, 6.45) is 5.80. The van der Waals surface area contributed by atoms with Gasteiger partial charge in [0.25, 0.3) is 0 Å². The molecular formula is C35H51N3O3. The van der Waals surface area contributed by atoms with Crippen molar-refractivity contribution in [2.45, 2.75) is 78.9 Å². The van der Waals surface area contributed by atoms with Gasteiger partial charge in [0.1, 0.15) is 18.1 Å². The number of amides is 1. The Balaban J connectivity index is 0.00000108. The lowest BCUT2D eigenvalue weighted by Crippen LogP contribution is -2.45. The highest BCUT2D eigenvalue weighted by Crippen LogP contribution is 2.22. The molecular weight excluding hydrogens is 510 g/mol. The molecule has 0 saturated heterocycles. The molecule has 6 nitrogen and oxygen atoms in total. The van der Waals surface area contributed by atoms with E-state index in [1.54, 1.807) is 0 Å². The van der Waals surface area contributed by atoms with Gasteiger partial charge in [-0.15, -0.1) is 0 Å². The number of nitrogens with one attached hydrogen (secondary N) is 1. The van der Waals surface area contributed by atoms with Gasteiger partial charge >= 0.3 is 0 Å². The predicted molar refractivity (Wildman–Crippen MR) is 172 cm³/mol. The van der Waals surface area contributed by atoms with Crippen molar-refractivity contribution in [2.75, 3.05) is 31.1 Å². The predicted octanol–water partition coefficient (Wildman–Crippen LogP) is 7.15. The number of unbranched alkanes of at least 4 members (excludes halogenated alkanes) is 3. The van der Waals surface area contributed by atoms with Crippen molar-refractivity contribution < 1.29 is 14.3 Å². The van der Waals surface area contributed by atoms with E-state index in [9.17, 15) is 4.79 Å². The van der Waals surface area contributed by atoms with E-state index < -0.39 is 6.04 Å². The minimum Gasteiger partial charge on any atom is -0.494 e. The van der Waals surface area contributed by atoms with Crippen molar-refractivity contribution in [1.82, 2.24) is 5.32 Å². The second-order valence-electron chi connectivity index (χ2n) is 10.1. The van der Waals surface area contributed by atoms with E-state index in [0.29, 0.717) is 26.2 Å². The molecule has 0 fully saturated rings. The molecule has 1 atom stereocenters. The van der Waals surface area contributed by atoms with Gasteiger partial charge in [0.2, 0.25) is 5.91 Å². The van der Waals surface area contributed by atoms with Crippen LogP contribution >= 0.6 is 0 Å². The zero-order valence-electron chi connectivity index (χ0n) is 25.6. The van der Waals surface area contributed by atoms with Crippen molar-refractivity contribution in [3.8, 4) is 11.5 Å². The summed E-state index contributed by atoms with van der Waals surface area (Å²) in [5.41, 5.74) is 9.44. The molecule has 0 bridgehead atoms. The lowest BCUT2D eigenvalue weighted by Gasteiger charge is -2.26. The van der Waals surface area contributed by atoms with Gasteiger partial charge in [0, 0.05) is 12.2 Å². The van der Waals surface area contributed by atoms with Crippen molar-refractivity contribution in [1.29, 1.82) is 0 Å². The first kappa shape index (κ1) is 33.9. The topological polar surface area (TPSA) is 76.8 Å². The molecule has 0 saturated carbocycles. The Morgan fingerprint density at radius 2 is 1.39 bits per heavy atom. The monoisotopic (exact) mass is 561 g/mol. The molecule has 224 valence electrons. The average Bonchev–Trinajstić information content (AvgIpc) is 3.01. The van der Waals surface area contributed by atoms with Crippen LogP contribution in [0.2, 0.25) is 0 Å². The molecule has 0 aliphatic carbocycles. The third-order valence-corrected chi connectivity index (χ3v) is 6.57. The molecule has 0 spiro atoms. The van der Waals surface area contributed by atoms with Crippen LogP contribution in [-0.4, -0.2) is 38.2 Å². The Kier molecular flexibility index (Phi) is 16.9. The van der Waals surface area contributed by atoms with Gasteiger partial charge in [0.15, 0.2) is 0 Å². The largest absolute Gasteiger partial charge is 0.494 e. The third-order valence-electron chi connectivity index (χ3n) is 6.57. The highest BCUT2D eigenvalue weighted by molar-refractivity contribution is 5.97. The summed E-state index contributed by atoms with van der Waals surface area (Å²) < 4.78 is 11.6. The maximum absolute atomic E-state index is 13.4. The lowest BCUT2D eigenvalue weighted by molar-refractivity contribution is -0.119. The van der Waals surface area contributed by atoms with E-state index in [1.807, 2.05) is 83.8 Å². The fraction of sp³-hybridized carbons (Fsp3) is 0.457. The molecule has 6 heteroatoms. The number of ether oxygens (including phenoxy) is 2. The second-order valence-corrected chi connectivity index (χ2v) is 10.1. The molecule has 0 aliphatic heterocycles. The van der Waals surface area contributed by atoms with Crippen LogP contribution in [0.5, 0.6) is 11.5 Å². The van der Waals surface area contributed by atoms with E-state index in [-0.39, 0.29) is 5.91 Å². The average molecular weight is 562 g/mol. The van der Waals surface area contributed by atoms with Crippen molar-refractivity contribution in [2.24, 2.45) is 5.73 Å². The Labute approximate surface area is 248 Å². The van der Waals surface area contributed by atoms with Crippen molar-refractivity contribution in [3.63, 3.8) is 0 Å². The summed E-state index contributed by atoms with van der Waals surface area (Å²) in [5, 5.41) is 3.11. The molecule has 0 aromatic heterocycles. The molecule has 3 rings (SSSR count). The first-order chi connectivity index (χ1) is 20.0. The second kappa shape index (κ2) is 20.5. The van der Waals surface area contributed by atoms with Gasteiger partial charge in [-0.3, -0.25) is 4.79 Å². The van der Waals surface area contributed by atoms with Crippen LogP contribution < -0.4 is 25.4 Å². The maximum Gasteiger partial charge on any atom is 0.244 e. The number of benzene rings is 3. The Hall–Kier alpha value is -3.35. The summed E-state index contributed by atoms with van der Waals surface area (Å²) in [6.45, 7) is 12.5. The van der Waals surface area contributed by atoms with Crippen molar-refractivity contribution >= 4 is 11.6 Å². The standard InChI is InChI=1S/C31H40N2O3.C4H11N/c1-3-5-6-10-21-33(27-15-19-28(20-16-27)35-22-4-2)31(34)30(32)23-25-13-17-29(18-14-25)36-24-26-11-8-7-9-12-26;1-3-5-4-2/h7-9,11-20,30H,3-6,10,21-24,32H2,1-2H3;5H,3-4H2,1-2H3/t30-;/m1./s1. The Morgan fingerprint density at radius 1 is 0.756 bits per heavy atom. The molecule has 41 heavy (non-hydrogen) atoms. The van der Waals surface area contributed by atoms with Crippen molar-refractivity contribution in [3.05, 3.63) is 90.0 Å². The minimum absolute atomic E-state index is 0.0573. The summed E-state index contributed by atoms with van der Waals surface area (Å²) in [7, 11) is 0. The van der Waals surface area contributed by atoms with Crippen LogP contribution in [0.1, 0.15) is 70.9 Å². The van der Waals surface area contributed by atoms with Gasteiger partial charge in [-0.1, -0.05) is 89.4 Å². The Morgan fingerprint density at radius 3 is 1.98 bits per heavy atom. The van der Waals surface area contributed by atoms with Crippen LogP contribution in [0.15, 0.2) is 78.9 Å². The molecule has 0 aliphatic rings. The normalized spacial score (nSPS) is 11.2. The molecule has 3 N–H and O–H groups in total. The van der Waals surface area contributed by atoms with Gasteiger partial charge in [-0.2, -0.15) is 0 Å². The zero-order valence-corrected chi connectivity index (χ0v) is 25.6. The summed E-state index contributed by atoms with van der Waals surface area (Å²) in [4.78, 5) is 15.3. The number of nitrogens with zero attached hydrogens (tertiary/aromatic N) is 1. The van der Waals surface area contributed by atoms with Gasteiger partial charge in [-0.05, 0) is 79.9 Å². The van der Waals surface area contributed by atoms with Crippen LogP contribution in [0, 0.1) is 0 Å². The molecule has 1 amide bonds. The summed E-state index contributed by atoms with van der Waals surface area (Å²) >= 11 is 0. The number of carbonyl (C=O) groups excluding carboxylic acids is 1. The highest BCUT2D eigenvalue weighted by Gasteiger charge is 2.22. The van der Waals surface area contributed by atoms with Crippen LogP contribution in [-0.2, 0) is 17.8 Å². The molecule has 3 aromatic carbocycles. The number of carbonyl (C=O) groups is 1. The van der Waals surface area contributed by atoms with E-state index >= 15 is 0 Å². The van der Waals surface area contributed by atoms with E-state index in [2.05, 4.69) is 33.0 Å². The number of hydrogen-bond donors (Lipinski definition) is 2. The lowest BCUT2D eigenvalue weighted by atomic mass is 10.0. The highest BCUT2D eigenvalue weighted by atomic mass is 16.5. The summed E-state index contributed by atoms with van der Waals surface area (Å²) in [6, 6.07) is 25.1. The van der Waals surface area contributed by atoms with E-state index in [4.69, 9.17) is 15.2 Å². The SMILES string of the molecule is CCCCCCN(C(=O)[C@H](N)Cc1ccc(OCc2ccccc2)cc1)c1ccc(OCCC)cc1.CCNCC. The number of rotatable bonds is 17. The van der Waals surface area contributed by atoms with E-state index in [0.717, 1.165) is 73.5 Å². The zero-order chi connectivity index (χ0) is 29.7. The molecule has 3 aromatic rings. The summed E-state index contributed by atoms with van der Waals surface area (Å²) in [5.74, 6) is 1.56. The first-order valence-corrected chi connectivity index (χ1v) is 15.3. The number of nitrogens with two attached hydrogens (primary N) is 1. The molecule has 0 radical (unpaired) electrons. The van der Waals surface area contributed by atoms with E-state index in [1.165, 1.54) is 0 Å². The fourth-order valence-corrected chi connectivity index (χ4v) is 4.26. The molecule has 0 heterocycles. The van der Waals surface area contributed by atoms with Crippen LogP contribution in [0.3, 0.4) is 0 Å². The van der Waals surface area contributed by atoms with Gasteiger partial charge in [-0.25, -0.2) is 0 Å². The fourth-order valence-electron chi connectivity index (χ4n) is 4.26. The van der Waals surface area contributed by atoms with Crippen LogP contribution in [0.25, 0.3) is 0 Å². The smallest absolute Gasteiger partial charge is 0.244 e. The van der Waals surface area contributed by atoms with Crippen LogP contribution in [0.4, 0.5) is 5.69 Å². The Bertz CT molecular complexity index is 1070.